The molecule has 0 heterocycles. The van der Waals surface area contributed by atoms with Crippen molar-refractivity contribution in [1.29, 1.82) is 0 Å². The van der Waals surface area contributed by atoms with E-state index in [9.17, 15) is 31.1 Å². The Bertz CT molecular complexity index is 531. The molecule has 8 heteroatoms. The van der Waals surface area contributed by atoms with Crippen molar-refractivity contribution in [3.8, 4) is 0 Å². The molecule has 1 nitrogen and oxygen atoms in total. The fourth-order valence-electron chi connectivity index (χ4n) is 2.21. The van der Waals surface area contributed by atoms with Gasteiger partial charge < -0.3 is 0 Å². The van der Waals surface area contributed by atoms with Gasteiger partial charge in [-0.05, 0) is 23.8 Å². The molecule has 1 aliphatic carbocycles. The lowest BCUT2D eigenvalue weighted by molar-refractivity contribution is -0.300. The van der Waals surface area contributed by atoms with E-state index in [4.69, 9.17) is 11.6 Å². The second-order valence-corrected chi connectivity index (χ2v) is 4.63. The van der Waals surface area contributed by atoms with Crippen molar-refractivity contribution in [3.05, 3.63) is 34.3 Å². The van der Waals surface area contributed by atoms with Crippen LogP contribution in [0, 0.1) is 0 Å². The Hall–Kier alpha value is -1.24. The number of fused-ring (bicyclic) bond motifs is 1. The third kappa shape index (κ3) is 1.82. The number of ketones is 1. The van der Waals surface area contributed by atoms with E-state index in [-0.39, 0.29) is 5.02 Å². The Labute approximate surface area is 108 Å². The first-order valence-corrected chi connectivity index (χ1v) is 5.35. The fraction of sp³-hybridized carbons (Fsp3) is 0.364. The quantitative estimate of drug-likeness (QED) is 0.653. The van der Waals surface area contributed by atoms with Crippen LogP contribution in [0.25, 0.3) is 0 Å². The zero-order chi connectivity index (χ0) is 14.6. The number of carbonyl (C=O) groups is 1. The number of halogens is 7. The summed E-state index contributed by atoms with van der Waals surface area (Å²) in [5, 5.41) is -0.286. The lowest BCUT2D eigenvalue weighted by atomic mass is 9.80. The average Bonchev–Trinajstić information content (AvgIpc) is 2.51. The monoisotopic (exact) mass is 302 g/mol. The van der Waals surface area contributed by atoms with Gasteiger partial charge in [0.1, 0.15) is 0 Å². The highest BCUT2D eigenvalue weighted by Crippen LogP contribution is 2.58. The fourth-order valence-corrected chi connectivity index (χ4v) is 2.38. The first kappa shape index (κ1) is 14.2. The SMILES string of the molecule is O=C1CC(C(F)(F)F)(C(F)(F)F)c2cc(Cl)ccc21. The number of rotatable bonds is 0. The normalized spacial score (nSPS) is 18.6. The molecule has 0 radical (unpaired) electrons. The maximum atomic E-state index is 13.0. The van der Waals surface area contributed by atoms with E-state index < -0.39 is 41.1 Å². The summed E-state index contributed by atoms with van der Waals surface area (Å²) in [4.78, 5) is 11.4. The molecule has 1 aliphatic rings. The standard InChI is InChI=1S/C11H5ClF6O/c12-5-1-2-6-7(3-5)9(4-8(6)19,10(13,14)15)11(16,17)18/h1-3H,4H2. The predicted octanol–water partition coefficient (Wildman–Crippen LogP) is 4.29. The second kappa shape index (κ2) is 3.88. The first-order valence-electron chi connectivity index (χ1n) is 4.97. The van der Waals surface area contributed by atoms with Crippen molar-refractivity contribution in [2.45, 2.75) is 24.2 Å². The molecule has 0 spiro atoms. The molecule has 0 fully saturated rings. The molecule has 0 saturated heterocycles. The molecule has 0 unspecified atom stereocenters. The van der Waals surface area contributed by atoms with Crippen LogP contribution in [0.3, 0.4) is 0 Å². The largest absolute Gasteiger partial charge is 0.407 e. The Kier molecular flexibility index (Phi) is 2.89. The molecular formula is C11H5ClF6O. The topological polar surface area (TPSA) is 17.1 Å². The molecule has 0 N–H and O–H groups in total. The molecule has 104 valence electrons. The van der Waals surface area contributed by atoms with Crippen LogP contribution in [0.4, 0.5) is 26.3 Å². The van der Waals surface area contributed by atoms with Crippen LogP contribution in [0.2, 0.25) is 5.02 Å². The van der Waals surface area contributed by atoms with Crippen LogP contribution in [-0.4, -0.2) is 18.1 Å². The number of hydrogen-bond donors (Lipinski definition) is 0. The molecule has 0 aliphatic heterocycles. The van der Waals surface area contributed by atoms with Gasteiger partial charge in [0.15, 0.2) is 11.2 Å². The number of carbonyl (C=O) groups excluding carboxylic acids is 1. The van der Waals surface area contributed by atoms with Crippen LogP contribution in [0.15, 0.2) is 18.2 Å². The van der Waals surface area contributed by atoms with Crippen LogP contribution in [0.1, 0.15) is 22.3 Å². The smallest absolute Gasteiger partial charge is 0.294 e. The zero-order valence-corrected chi connectivity index (χ0v) is 9.75. The summed E-state index contributed by atoms with van der Waals surface area (Å²) in [6.45, 7) is 0. The molecule has 0 bridgehead atoms. The minimum absolute atomic E-state index is 0.286. The van der Waals surface area contributed by atoms with Crippen LogP contribution < -0.4 is 0 Å². The van der Waals surface area contributed by atoms with E-state index in [0.29, 0.717) is 6.07 Å². The Morgan fingerprint density at radius 1 is 1.05 bits per heavy atom. The number of benzene rings is 1. The first-order chi connectivity index (χ1) is 8.50. The van der Waals surface area contributed by atoms with Gasteiger partial charge in [0.25, 0.3) is 0 Å². The highest BCUT2D eigenvalue weighted by atomic mass is 35.5. The molecule has 0 amide bonds. The highest BCUT2D eigenvalue weighted by Gasteiger charge is 2.74. The van der Waals surface area contributed by atoms with Crippen molar-refractivity contribution in [2.75, 3.05) is 0 Å². The van der Waals surface area contributed by atoms with Gasteiger partial charge in [0.05, 0.1) is 0 Å². The molecule has 0 atom stereocenters. The molecular weight excluding hydrogens is 298 g/mol. The van der Waals surface area contributed by atoms with Gasteiger partial charge in [0, 0.05) is 17.0 Å². The van der Waals surface area contributed by atoms with Gasteiger partial charge in [-0.1, -0.05) is 11.6 Å². The van der Waals surface area contributed by atoms with Gasteiger partial charge in [-0.25, -0.2) is 0 Å². The van der Waals surface area contributed by atoms with Gasteiger partial charge >= 0.3 is 12.4 Å². The molecule has 19 heavy (non-hydrogen) atoms. The van der Waals surface area contributed by atoms with Crippen LogP contribution in [-0.2, 0) is 5.41 Å². The molecule has 0 aromatic heterocycles. The molecule has 0 saturated carbocycles. The van der Waals surface area contributed by atoms with Crippen LogP contribution in [0.5, 0.6) is 0 Å². The van der Waals surface area contributed by atoms with Crippen LogP contribution >= 0.6 is 11.6 Å². The second-order valence-electron chi connectivity index (χ2n) is 4.19. The molecule has 1 aromatic rings. The summed E-state index contributed by atoms with van der Waals surface area (Å²) in [5.41, 5.74) is -5.87. The molecule has 1 aromatic carbocycles. The van der Waals surface area contributed by atoms with E-state index in [2.05, 4.69) is 0 Å². The number of hydrogen-bond acceptors (Lipinski definition) is 1. The van der Waals surface area contributed by atoms with E-state index in [0.717, 1.165) is 12.1 Å². The molecule has 2 rings (SSSR count). The number of alkyl halides is 6. The van der Waals surface area contributed by atoms with Crippen molar-refractivity contribution in [1.82, 2.24) is 0 Å². The predicted molar refractivity (Wildman–Crippen MR) is 54.2 cm³/mol. The summed E-state index contributed by atoms with van der Waals surface area (Å²) < 4.78 is 77.9. The summed E-state index contributed by atoms with van der Waals surface area (Å²) in [6.07, 6.45) is -12.9. The van der Waals surface area contributed by atoms with Gasteiger partial charge in [-0.3, -0.25) is 4.79 Å². The zero-order valence-electron chi connectivity index (χ0n) is 8.99. The van der Waals surface area contributed by atoms with E-state index in [1.165, 1.54) is 0 Å². The third-order valence-corrected chi connectivity index (χ3v) is 3.37. The summed E-state index contributed by atoms with van der Waals surface area (Å²) in [7, 11) is 0. The van der Waals surface area contributed by atoms with Crippen molar-refractivity contribution in [2.24, 2.45) is 0 Å². The Morgan fingerprint density at radius 3 is 2.05 bits per heavy atom. The lowest BCUT2D eigenvalue weighted by Gasteiger charge is -2.34. The minimum atomic E-state index is -5.63. The van der Waals surface area contributed by atoms with Gasteiger partial charge in [-0.15, -0.1) is 0 Å². The Balaban J connectivity index is 2.82. The summed E-state index contributed by atoms with van der Waals surface area (Å²) in [6, 6.07) is 2.53. The summed E-state index contributed by atoms with van der Waals surface area (Å²) in [5.74, 6) is -1.19. The lowest BCUT2D eigenvalue weighted by Crippen LogP contribution is -2.52. The van der Waals surface area contributed by atoms with Crippen molar-refractivity contribution < 1.29 is 31.1 Å². The summed E-state index contributed by atoms with van der Waals surface area (Å²) >= 11 is 5.45. The maximum absolute atomic E-state index is 13.0. The van der Waals surface area contributed by atoms with E-state index >= 15 is 0 Å². The van der Waals surface area contributed by atoms with Gasteiger partial charge in [0.2, 0.25) is 0 Å². The highest BCUT2D eigenvalue weighted by molar-refractivity contribution is 6.30. The Morgan fingerprint density at radius 2 is 1.58 bits per heavy atom. The maximum Gasteiger partial charge on any atom is 0.407 e. The minimum Gasteiger partial charge on any atom is -0.294 e. The van der Waals surface area contributed by atoms with E-state index in [1.807, 2.05) is 0 Å². The van der Waals surface area contributed by atoms with Crippen molar-refractivity contribution >= 4 is 17.4 Å². The van der Waals surface area contributed by atoms with E-state index in [1.54, 1.807) is 0 Å². The van der Waals surface area contributed by atoms with Gasteiger partial charge in [-0.2, -0.15) is 26.3 Å². The number of Topliss-reactive ketones (excluding diaryl/α,β-unsaturated/α-hetero) is 1. The third-order valence-electron chi connectivity index (χ3n) is 3.14. The van der Waals surface area contributed by atoms with Crippen molar-refractivity contribution in [3.63, 3.8) is 0 Å². The average molecular weight is 303 g/mol.